The number of aromatic nitrogens is 3. The van der Waals surface area contributed by atoms with Gasteiger partial charge in [-0.15, -0.1) is 11.8 Å². The number of rotatable bonds is 7. The molecular formula is C33H28ClN5O2S. The van der Waals surface area contributed by atoms with Crippen molar-refractivity contribution in [1.29, 1.82) is 0 Å². The minimum atomic E-state index is -0.276. The third-order valence-corrected chi connectivity index (χ3v) is 8.57. The number of thioether (sulfide) groups is 1. The lowest BCUT2D eigenvalue weighted by Crippen LogP contribution is -2.42. The predicted octanol–water partition coefficient (Wildman–Crippen LogP) is 6.38. The van der Waals surface area contributed by atoms with Crippen molar-refractivity contribution in [3.05, 3.63) is 131 Å². The molecule has 0 saturated heterocycles. The van der Waals surface area contributed by atoms with Gasteiger partial charge in [0.2, 0.25) is 11.8 Å². The summed E-state index contributed by atoms with van der Waals surface area (Å²) in [5, 5.41) is 8.44. The van der Waals surface area contributed by atoms with Crippen LogP contribution in [-0.2, 0) is 16.1 Å². The standard InChI is InChI=1S/C33H28ClN5O2S/c1-22-12-14-27(15-13-22)39-33-30(31(37-39)24-8-3-2-4-9-24)32(25-10-5-11-26(34)17-25)42-21-29(41)38(33)20-28(40)36-19-23-7-6-16-35-18-23/h2-18,32H,19-21H2,1H3,(H,36,40). The second-order valence-corrected chi connectivity index (χ2v) is 11.6. The molecule has 0 fully saturated rings. The summed E-state index contributed by atoms with van der Waals surface area (Å²) < 4.78 is 1.80. The van der Waals surface area contributed by atoms with Crippen LogP contribution < -0.4 is 10.2 Å². The van der Waals surface area contributed by atoms with Gasteiger partial charge in [0.25, 0.3) is 0 Å². The average molecular weight is 594 g/mol. The third kappa shape index (κ3) is 5.82. The summed E-state index contributed by atoms with van der Waals surface area (Å²) >= 11 is 7.97. The van der Waals surface area contributed by atoms with Gasteiger partial charge in [-0.3, -0.25) is 19.5 Å². The molecule has 3 aromatic carbocycles. The second-order valence-electron chi connectivity index (χ2n) is 10.1. The molecule has 3 heterocycles. The number of halogens is 1. The molecule has 210 valence electrons. The maximum Gasteiger partial charge on any atom is 0.240 e. The molecule has 1 aliphatic heterocycles. The topological polar surface area (TPSA) is 80.1 Å². The summed E-state index contributed by atoms with van der Waals surface area (Å²) in [4.78, 5) is 32.9. The summed E-state index contributed by atoms with van der Waals surface area (Å²) in [5.74, 6) is 0.316. The zero-order valence-corrected chi connectivity index (χ0v) is 24.5. The quantitative estimate of drug-likeness (QED) is 0.237. The van der Waals surface area contributed by atoms with E-state index in [1.165, 1.54) is 11.8 Å². The molecule has 0 bridgehead atoms. The van der Waals surface area contributed by atoms with Crippen molar-refractivity contribution in [3.63, 3.8) is 0 Å². The van der Waals surface area contributed by atoms with E-state index < -0.39 is 0 Å². The van der Waals surface area contributed by atoms with Crippen molar-refractivity contribution >= 4 is 41.0 Å². The predicted molar refractivity (Wildman–Crippen MR) is 168 cm³/mol. The molecular weight excluding hydrogens is 566 g/mol. The van der Waals surface area contributed by atoms with Gasteiger partial charge in [0.1, 0.15) is 12.4 Å². The first-order chi connectivity index (χ1) is 20.5. The summed E-state index contributed by atoms with van der Waals surface area (Å²) in [6, 6.07) is 29.3. The van der Waals surface area contributed by atoms with E-state index in [4.69, 9.17) is 16.7 Å². The monoisotopic (exact) mass is 593 g/mol. The molecule has 5 aromatic rings. The van der Waals surface area contributed by atoms with Crippen LogP contribution in [0.15, 0.2) is 103 Å². The molecule has 1 N–H and O–H groups in total. The number of benzene rings is 3. The number of aryl methyl sites for hydroxylation is 1. The average Bonchev–Trinajstić information content (AvgIpc) is 3.33. The highest BCUT2D eigenvalue weighted by Gasteiger charge is 2.37. The molecule has 0 aliphatic carbocycles. The van der Waals surface area contributed by atoms with E-state index in [1.807, 2.05) is 97.9 Å². The number of pyridine rings is 1. The Balaban J connectivity index is 1.52. The van der Waals surface area contributed by atoms with Gasteiger partial charge in [-0.05, 0) is 48.4 Å². The number of carbonyl (C=O) groups excluding carboxylic acids is 2. The van der Waals surface area contributed by atoms with Crippen LogP contribution in [0.1, 0.15) is 27.5 Å². The molecule has 0 radical (unpaired) electrons. The molecule has 42 heavy (non-hydrogen) atoms. The highest BCUT2D eigenvalue weighted by atomic mass is 35.5. The molecule has 7 nitrogen and oxygen atoms in total. The normalized spacial score (nSPS) is 14.8. The molecule has 1 atom stereocenters. The van der Waals surface area contributed by atoms with E-state index in [1.54, 1.807) is 22.0 Å². The van der Waals surface area contributed by atoms with Gasteiger partial charge < -0.3 is 5.32 Å². The number of hydrogen-bond acceptors (Lipinski definition) is 5. The highest BCUT2D eigenvalue weighted by molar-refractivity contribution is 8.00. The first-order valence-electron chi connectivity index (χ1n) is 13.6. The van der Waals surface area contributed by atoms with Crippen molar-refractivity contribution in [2.45, 2.75) is 18.7 Å². The fraction of sp³-hybridized carbons (Fsp3) is 0.152. The van der Waals surface area contributed by atoms with Crippen LogP contribution in [0.3, 0.4) is 0 Å². The lowest BCUT2D eigenvalue weighted by atomic mass is 9.99. The van der Waals surface area contributed by atoms with Crippen molar-refractivity contribution in [1.82, 2.24) is 20.1 Å². The Hall–Kier alpha value is -4.40. The lowest BCUT2D eigenvalue weighted by Gasteiger charge is -2.23. The van der Waals surface area contributed by atoms with Gasteiger partial charge in [-0.1, -0.05) is 77.8 Å². The first-order valence-corrected chi connectivity index (χ1v) is 15.0. The SMILES string of the molecule is Cc1ccc(-n2nc(-c3ccccc3)c3c2N(CC(=O)NCc2cccnc2)C(=O)CSC3c2cccc(Cl)c2)cc1. The van der Waals surface area contributed by atoms with Crippen LogP contribution in [0.2, 0.25) is 5.02 Å². The summed E-state index contributed by atoms with van der Waals surface area (Å²) in [7, 11) is 0. The Morgan fingerprint density at radius 2 is 1.83 bits per heavy atom. The number of nitrogens with zero attached hydrogens (tertiary/aromatic N) is 4. The smallest absolute Gasteiger partial charge is 0.240 e. The fourth-order valence-electron chi connectivity index (χ4n) is 5.03. The largest absolute Gasteiger partial charge is 0.350 e. The van der Waals surface area contributed by atoms with E-state index in [9.17, 15) is 9.59 Å². The molecule has 9 heteroatoms. The zero-order valence-electron chi connectivity index (χ0n) is 22.9. The minimum absolute atomic E-state index is 0.152. The highest BCUT2D eigenvalue weighted by Crippen LogP contribution is 2.48. The molecule has 2 aromatic heterocycles. The zero-order chi connectivity index (χ0) is 29.1. The first kappa shape index (κ1) is 27.8. The number of nitrogens with one attached hydrogen (secondary N) is 1. The Bertz CT molecular complexity index is 1730. The van der Waals surface area contributed by atoms with Crippen LogP contribution in [0.4, 0.5) is 5.82 Å². The van der Waals surface area contributed by atoms with Gasteiger partial charge >= 0.3 is 0 Å². The van der Waals surface area contributed by atoms with Crippen molar-refractivity contribution in [2.24, 2.45) is 0 Å². The molecule has 0 saturated carbocycles. The summed E-state index contributed by atoms with van der Waals surface area (Å²) in [5.41, 5.74) is 6.27. The number of carbonyl (C=O) groups is 2. The van der Waals surface area contributed by atoms with Gasteiger partial charge in [0.05, 0.1) is 22.4 Å². The molecule has 1 unspecified atom stereocenters. The maximum atomic E-state index is 13.9. The maximum absolute atomic E-state index is 13.9. The summed E-state index contributed by atoms with van der Waals surface area (Å²) in [6.07, 6.45) is 3.40. The Morgan fingerprint density at radius 3 is 2.57 bits per heavy atom. The number of anilines is 1. The van der Waals surface area contributed by atoms with Gasteiger partial charge in [-0.25, -0.2) is 4.68 Å². The van der Waals surface area contributed by atoms with Gasteiger partial charge in [0, 0.05) is 35.1 Å². The van der Waals surface area contributed by atoms with Crippen LogP contribution in [0.25, 0.3) is 16.9 Å². The van der Waals surface area contributed by atoms with Crippen molar-refractivity contribution in [3.8, 4) is 16.9 Å². The second kappa shape index (κ2) is 12.2. The lowest BCUT2D eigenvalue weighted by molar-refractivity contribution is -0.123. The van der Waals surface area contributed by atoms with Gasteiger partial charge in [0.15, 0.2) is 0 Å². The van der Waals surface area contributed by atoms with Crippen LogP contribution >= 0.6 is 23.4 Å². The Kier molecular flexibility index (Phi) is 8.08. The van der Waals surface area contributed by atoms with Gasteiger partial charge in [-0.2, -0.15) is 5.10 Å². The minimum Gasteiger partial charge on any atom is -0.350 e. The van der Waals surface area contributed by atoms with E-state index in [-0.39, 0.29) is 29.4 Å². The third-order valence-electron chi connectivity index (χ3n) is 7.08. The summed E-state index contributed by atoms with van der Waals surface area (Å²) in [6.45, 7) is 2.19. The molecule has 2 amide bonds. The molecule has 1 aliphatic rings. The van der Waals surface area contributed by atoms with Crippen LogP contribution in [0, 0.1) is 6.92 Å². The van der Waals surface area contributed by atoms with Crippen molar-refractivity contribution in [2.75, 3.05) is 17.2 Å². The number of hydrogen-bond donors (Lipinski definition) is 1. The van der Waals surface area contributed by atoms with E-state index in [0.717, 1.165) is 39.2 Å². The molecule has 0 spiro atoms. The Morgan fingerprint density at radius 1 is 1.02 bits per heavy atom. The number of fused-ring (bicyclic) bond motifs is 1. The van der Waals surface area contributed by atoms with E-state index in [2.05, 4.69) is 10.3 Å². The molecule has 6 rings (SSSR count). The van der Waals surface area contributed by atoms with E-state index >= 15 is 0 Å². The van der Waals surface area contributed by atoms with Crippen molar-refractivity contribution < 1.29 is 9.59 Å². The van der Waals surface area contributed by atoms with Crippen LogP contribution in [-0.4, -0.2) is 38.9 Å². The van der Waals surface area contributed by atoms with E-state index in [0.29, 0.717) is 17.4 Å². The Labute approximate surface area is 253 Å². The van der Waals surface area contributed by atoms with Crippen LogP contribution in [0.5, 0.6) is 0 Å². The fourth-order valence-corrected chi connectivity index (χ4v) is 6.42. The number of amides is 2.